The number of hydrogen-bond donors (Lipinski definition) is 2. The molecule has 2 aromatic rings. The molecule has 6 rings (SSSR count). The molecule has 1 amide bonds. The van der Waals surface area contributed by atoms with E-state index in [0.29, 0.717) is 20.9 Å². The third-order valence-corrected chi connectivity index (χ3v) is 7.41. The van der Waals surface area contributed by atoms with Crippen LogP contribution in [0, 0.1) is 17.8 Å². The fourth-order valence-electron chi connectivity index (χ4n) is 5.98. The lowest BCUT2D eigenvalue weighted by atomic mass is 9.53. The van der Waals surface area contributed by atoms with Crippen LogP contribution in [0.3, 0.4) is 0 Å². The second-order valence-electron chi connectivity index (χ2n) is 8.47. The van der Waals surface area contributed by atoms with Crippen molar-refractivity contribution in [2.24, 2.45) is 17.8 Å². The molecular weight excluding hydrogens is 371 g/mol. The predicted molar refractivity (Wildman–Crippen MR) is 103 cm³/mol. The Hall–Kier alpha value is -1.52. The molecular formula is C20H20Cl2N2O2. The SMILES string of the molecule is O=C(NC12CC3CC(CC(C3)C1)C2)c1c[nH]c2c(Cl)c(Cl)ccc2c1=O. The van der Waals surface area contributed by atoms with Crippen molar-refractivity contribution < 1.29 is 4.79 Å². The molecule has 0 saturated heterocycles. The molecule has 26 heavy (non-hydrogen) atoms. The quantitative estimate of drug-likeness (QED) is 0.790. The maximum absolute atomic E-state index is 13.0. The maximum Gasteiger partial charge on any atom is 0.257 e. The summed E-state index contributed by atoms with van der Waals surface area (Å²) in [4.78, 5) is 28.8. The number of aromatic nitrogens is 1. The van der Waals surface area contributed by atoms with Crippen molar-refractivity contribution in [3.63, 3.8) is 0 Å². The van der Waals surface area contributed by atoms with E-state index in [1.165, 1.54) is 25.5 Å². The van der Waals surface area contributed by atoms with Gasteiger partial charge >= 0.3 is 0 Å². The first-order valence-corrected chi connectivity index (χ1v) is 10.0. The molecule has 136 valence electrons. The minimum Gasteiger partial charge on any atom is -0.359 e. The van der Waals surface area contributed by atoms with Gasteiger partial charge in [-0.3, -0.25) is 9.59 Å². The van der Waals surface area contributed by atoms with Crippen LogP contribution in [-0.2, 0) is 0 Å². The van der Waals surface area contributed by atoms with Gasteiger partial charge in [-0.25, -0.2) is 0 Å². The molecule has 4 aliphatic carbocycles. The number of pyridine rings is 1. The molecule has 0 spiro atoms. The van der Waals surface area contributed by atoms with E-state index in [1.807, 2.05) is 0 Å². The van der Waals surface area contributed by atoms with Crippen LogP contribution in [0.15, 0.2) is 23.1 Å². The summed E-state index contributed by atoms with van der Waals surface area (Å²) in [6.45, 7) is 0. The Morgan fingerprint density at radius 3 is 2.31 bits per heavy atom. The third-order valence-electron chi connectivity index (χ3n) is 6.61. The monoisotopic (exact) mass is 390 g/mol. The molecule has 6 heteroatoms. The highest BCUT2D eigenvalue weighted by Gasteiger charge is 2.51. The number of hydrogen-bond acceptors (Lipinski definition) is 2. The van der Waals surface area contributed by atoms with E-state index < -0.39 is 0 Å². The minimum absolute atomic E-state index is 0.120. The van der Waals surface area contributed by atoms with Gasteiger partial charge in [-0.1, -0.05) is 23.2 Å². The first kappa shape index (κ1) is 16.6. The number of amides is 1. The largest absolute Gasteiger partial charge is 0.359 e. The number of fused-ring (bicyclic) bond motifs is 1. The van der Waals surface area contributed by atoms with Crippen molar-refractivity contribution in [1.82, 2.24) is 10.3 Å². The molecule has 4 fully saturated rings. The summed E-state index contributed by atoms with van der Waals surface area (Å²) in [5.74, 6) is 1.92. The molecule has 4 bridgehead atoms. The molecule has 0 unspecified atom stereocenters. The van der Waals surface area contributed by atoms with Crippen LogP contribution < -0.4 is 10.7 Å². The van der Waals surface area contributed by atoms with Gasteiger partial charge in [0.2, 0.25) is 5.43 Å². The zero-order valence-corrected chi connectivity index (χ0v) is 15.8. The van der Waals surface area contributed by atoms with Gasteiger partial charge in [0.1, 0.15) is 5.56 Å². The molecule has 4 saturated carbocycles. The van der Waals surface area contributed by atoms with Gasteiger partial charge in [-0.15, -0.1) is 0 Å². The lowest BCUT2D eigenvalue weighted by molar-refractivity contribution is -0.0167. The van der Waals surface area contributed by atoms with Crippen LogP contribution in [0.5, 0.6) is 0 Å². The molecule has 1 aromatic carbocycles. The predicted octanol–water partition coefficient (Wildman–Crippen LogP) is 4.53. The smallest absolute Gasteiger partial charge is 0.257 e. The summed E-state index contributed by atoms with van der Waals surface area (Å²) >= 11 is 12.2. The van der Waals surface area contributed by atoms with Gasteiger partial charge in [-0.05, 0) is 68.4 Å². The highest BCUT2D eigenvalue weighted by molar-refractivity contribution is 6.45. The summed E-state index contributed by atoms with van der Waals surface area (Å²) in [7, 11) is 0. The van der Waals surface area contributed by atoms with Gasteiger partial charge in [0.05, 0.1) is 15.6 Å². The summed E-state index contributed by atoms with van der Waals surface area (Å²) in [5, 5.41) is 4.32. The molecule has 0 aliphatic heterocycles. The van der Waals surface area contributed by atoms with Crippen molar-refractivity contribution >= 4 is 40.0 Å². The first-order valence-electron chi connectivity index (χ1n) is 9.26. The van der Waals surface area contributed by atoms with Crippen molar-refractivity contribution in [1.29, 1.82) is 0 Å². The Bertz CT molecular complexity index is 946. The third kappa shape index (κ3) is 2.49. The van der Waals surface area contributed by atoms with E-state index in [-0.39, 0.29) is 22.4 Å². The van der Waals surface area contributed by atoms with E-state index >= 15 is 0 Å². The summed E-state index contributed by atoms with van der Waals surface area (Å²) in [5.41, 5.74) is 0.187. The average Bonchev–Trinajstić information content (AvgIpc) is 2.57. The first-order chi connectivity index (χ1) is 12.4. The summed E-state index contributed by atoms with van der Waals surface area (Å²) in [6, 6.07) is 3.20. The Labute approximate surface area is 161 Å². The molecule has 0 atom stereocenters. The van der Waals surface area contributed by atoms with Crippen molar-refractivity contribution in [3.8, 4) is 0 Å². The molecule has 2 N–H and O–H groups in total. The van der Waals surface area contributed by atoms with Crippen molar-refractivity contribution in [2.75, 3.05) is 0 Å². The fraction of sp³-hybridized carbons (Fsp3) is 0.500. The van der Waals surface area contributed by atoms with Crippen LogP contribution in [0.1, 0.15) is 48.9 Å². The second-order valence-corrected chi connectivity index (χ2v) is 9.25. The van der Waals surface area contributed by atoms with Crippen LogP contribution in [-0.4, -0.2) is 16.4 Å². The lowest BCUT2D eigenvalue weighted by Crippen LogP contribution is -2.60. The number of H-pyrrole nitrogens is 1. The van der Waals surface area contributed by atoms with Gasteiger partial charge in [0, 0.05) is 17.1 Å². The van der Waals surface area contributed by atoms with E-state index in [0.717, 1.165) is 37.0 Å². The average molecular weight is 391 g/mol. The number of rotatable bonds is 2. The number of aromatic amines is 1. The molecule has 4 aliphatic rings. The Morgan fingerprint density at radius 2 is 1.69 bits per heavy atom. The Morgan fingerprint density at radius 1 is 1.08 bits per heavy atom. The topological polar surface area (TPSA) is 62.0 Å². The van der Waals surface area contributed by atoms with Crippen molar-refractivity contribution in [2.45, 2.75) is 44.1 Å². The van der Waals surface area contributed by atoms with Crippen molar-refractivity contribution in [3.05, 3.63) is 44.2 Å². The van der Waals surface area contributed by atoms with Crippen LogP contribution in [0.2, 0.25) is 10.0 Å². The zero-order chi connectivity index (χ0) is 18.1. The Balaban J connectivity index is 1.49. The normalized spacial score (nSPS) is 32.2. The van der Waals surface area contributed by atoms with Gasteiger partial charge in [-0.2, -0.15) is 0 Å². The zero-order valence-electron chi connectivity index (χ0n) is 14.3. The second kappa shape index (κ2) is 5.74. The summed E-state index contributed by atoms with van der Waals surface area (Å²) < 4.78 is 0. The van der Waals surface area contributed by atoms with Crippen LogP contribution >= 0.6 is 23.2 Å². The highest BCUT2D eigenvalue weighted by Crippen LogP contribution is 2.55. The van der Waals surface area contributed by atoms with Crippen LogP contribution in [0.4, 0.5) is 0 Å². The molecule has 4 nitrogen and oxygen atoms in total. The molecule has 1 aromatic heterocycles. The van der Waals surface area contributed by atoms with E-state index in [2.05, 4.69) is 10.3 Å². The number of halogens is 2. The van der Waals surface area contributed by atoms with Gasteiger partial charge in [0.25, 0.3) is 5.91 Å². The fourth-order valence-corrected chi connectivity index (χ4v) is 6.35. The van der Waals surface area contributed by atoms with Crippen LogP contribution in [0.25, 0.3) is 10.9 Å². The minimum atomic E-state index is -0.306. The Kier molecular flexibility index (Phi) is 3.67. The standard InChI is InChI=1S/C20H20Cl2N2O2/c21-15-2-1-13-17(16(15)22)23-9-14(18(13)25)19(26)24-20-6-10-3-11(7-20)5-12(4-10)8-20/h1-2,9-12H,3-8H2,(H,23,25)(H,24,26). The van der Waals surface area contributed by atoms with Gasteiger partial charge in [0.15, 0.2) is 0 Å². The number of carbonyl (C=O) groups is 1. The van der Waals surface area contributed by atoms with E-state index in [1.54, 1.807) is 12.1 Å². The van der Waals surface area contributed by atoms with E-state index in [9.17, 15) is 9.59 Å². The molecule has 0 radical (unpaired) electrons. The summed E-state index contributed by atoms with van der Waals surface area (Å²) in [6.07, 6.45) is 8.55. The molecule has 1 heterocycles. The number of nitrogens with one attached hydrogen (secondary N) is 2. The number of carbonyl (C=O) groups excluding carboxylic acids is 1. The lowest BCUT2D eigenvalue weighted by Gasteiger charge is -2.56. The number of benzene rings is 1. The highest BCUT2D eigenvalue weighted by atomic mass is 35.5. The maximum atomic E-state index is 13.0. The van der Waals surface area contributed by atoms with Gasteiger partial charge < -0.3 is 10.3 Å². The van der Waals surface area contributed by atoms with E-state index in [4.69, 9.17) is 23.2 Å².